The standard InChI is InChI=1S/C14H18O3Si/c1-5-6-9-11(15)7-10-12(18(2,3)4)8-17-14(10)13(9)16/h5,7-8,15-16H,1,6H2,2-4H3. The monoisotopic (exact) mass is 262 g/mol. The van der Waals surface area contributed by atoms with Crippen LogP contribution in [-0.4, -0.2) is 18.3 Å². The van der Waals surface area contributed by atoms with Crippen molar-refractivity contribution in [2.75, 3.05) is 0 Å². The zero-order valence-corrected chi connectivity index (χ0v) is 11.9. The molecule has 0 bridgehead atoms. The number of hydrogen-bond donors (Lipinski definition) is 2. The number of hydrogen-bond acceptors (Lipinski definition) is 3. The zero-order valence-electron chi connectivity index (χ0n) is 10.9. The Bertz CT molecular complexity index is 606. The molecule has 2 rings (SSSR count). The first-order chi connectivity index (χ1) is 8.36. The van der Waals surface area contributed by atoms with Crippen LogP contribution in [0.5, 0.6) is 11.5 Å². The second-order valence-electron chi connectivity index (χ2n) is 5.49. The molecule has 0 fully saturated rings. The SMILES string of the molecule is C=CCc1c(O)cc2c([Si](C)(C)C)coc2c1O. The second kappa shape index (κ2) is 4.21. The van der Waals surface area contributed by atoms with Gasteiger partial charge in [0, 0.05) is 10.9 Å². The number of phenolic OH excluding ortho intramolecular Hbond substituents is 2. The van der Waals surface area contributed by atoms with Crippen LogP contribution in [0.2, 0.25) is 19.6 Å². The van der Waals surface area contributed by atoms with E-state index in [-0.39, 0.29) is 11.5 Å². The minimum Gasteiger partial charge on any atom is -0.507 e. The summed E-state index contributed by atoms with van der Waals surface area (Å²) in [5.74, 6) is 0.121. The van der Waals surface area contributed by atoms with Gasteiger partial charge in [-0.3, -0.25) is 0 Å². The summed E-state index contributed by atoms with van der Waals surface area (Å²) in [6.45, 7) is 10.2. The van der Waals surface area contributed by atoms with Gasteiger partial charge in [-0.2, -0.15) is 0 Å². The predicted octanol–water partition coefficient (Wildman–Crippen LogP) is 3.12. The van der Waals surface area contributed by atoms with Crippen molar-refractivity contribution >= 4 is 24.2 Å². The molecule has 3 nitrogen and oxygen atoms in total. The van der Waals surface area contributed by atoms with E-state index >= 15 is 0 Å². The van der Waals surface area contributed by atoms with E-state index in [2.05, 4.69) is 26.2 Å². The number of aromatic hydroxyl groups is 2. The van der Waals surface area contributed by atoms with Crippen LogP contribution in [-0.2, 0) is 6.42 Å². The van der Waals surface area contributed by atoms with Crippen LogP contribution in [0.1, 0.15) is 5.56 Å². The smallest absolute Gasteiger partial charge is 0.175 e. The van der Waals surface area contributed by atoms with Crippen molar-refractivity contribution in [3.05, 3.63) is 30.5 Å². The quantitative estimate of drug-likeness (QED) is 0.660. The molecule has 1 aromatic carbocycles. The third-order valence-corrected chi connectivity index (χ3v) is 5.08. The Hall–Kier alpha value is -1.68. The number of furan rings is 1. The Morgan fingerprint density at radius 3 is 2.56 bits per heavy atom. The normalized spacial score (nSPS) is 11.9. The fourth-order valence-corrected chi connectivity index (χ4v) is 3.51. The molecule has 0 spiro atoms. The number of rotatable bonds is 3. The Kier molecular flexibility index (Phi) is 2.98. The summed E-state index contributed by atoms with van der Waals surface area (Å²) in [6.07, 6.45) is 3.76. The molecule has 1 aromatic heterocycles. The van der Waals surface area contributed by atoms with Crippen LogP contribution in [0.4, 0.5) is 0 Å². The fourth-order valence-electron chi connectivity index (χ4n) is 2.10. The topological polar surface area (TPSA) is 53.6 Å². The van der Waals surface area contributed by atoms with Gasteiger partial charge in [-0.1, -0.05) is 25.7 Å². The van der Waals surface area contributed by atoms with Crippen LogP contribution in [0.3, 0.4) is 0 Å². The molecule has 18 heavy (non-hydrogen) atoms. The van der Waals surface area contributed by atoms with Gasteiger partial charge in [-0.15, -0.1) is 6.58 Å². The highest BCUT2D eigenvalue weighted by Gasteiger charge is 2.25. The fraction of sp³-hybridized carbons (Fsp3) is 0.286. The van der Waals surface area contributed by atoms with Crippen molar-refractivity contribution in [3.63, 3.8) is 0 Å². The largest absolute Gasteiger partial charge is 0.507 e. The van der Waals surface area contributed by atoms with Crippen LogP contribution >= 0.6 is 0 Å². The third-order valence-electron chi connectivity index (χ3n) is 3.08. The zero-order chi connectivity index (χ0) is 13.5. The van der Waals surface area contributed by atoms with E-state index in [1.54, 1.807) is 18.4 Å². The highest BCUT2D eigenvalue weighted by Crippen LogP contribution is 2.36. The molecule has 0 saturated carbocycles. The summed E-state index contributed by atoms with van der Waals surface area (Å²) < 4.78 is 5.49. The molecule has 0 atom stereocenters. The third kappa shape index (κ3) is 1.93. The average molecular weight is 262 g/mol. The van der Waals surface area contributed by atoms with Gasteiger partial charge in [-0.25, -0.2) is 0 Å². The molecular formula is C14H18O3Si. The average Bonchev–Trinajstić information content (AvgIpc) is 2.67. The van der Waals surface area contributed by atoms with E-state index in [9.17, 15) is 10.2 Å². The molecule has 0 aliphatic carbocycles. The summed E-state index contributed by atoms with van der Waals surface area (Å²) in [6, 6.07) is 1.69. The number of phenols is 2. The van der Waals surface area contributed by atoms with Gasteiger partial charge in [0.15, 0.2) is 11.3 Å². The molecule has 0 saturated heterocycles. The van der Waals surface area contributed by atoms with E-state index < -0.39 is 8.07 Å². The molecule has 0 aliphatic heterocycles. The molecular weight excluding hydrogens is 244 g/mol. The van der Waals surface area contributed by atoms with Gasteiger partial charge >= 0.3 is 0 Å². The van der Waals surface area contributed by atoms with Crippen molar-refractivity contribution < 1.29 is 14.6 Å². The summed E-state index contributed by atoms with van der Waals surface area (Å²) in [4.78, 5) is 0. The summed E-state index contributed by atoms with van der Waals surface area (Å²) in [5, 5.41) is 22.1. The first-order valence-electron chi connectivity index (χ1n) is 5.92. The number of allylic oxidation sites excluding steroid dienone is 1. The predicted molar refractivity (Wildman–Crippen MR) is 76.4 cm³/mol. The first kappa shape index (κ1) is 12.8. The van der Waals surface area contributed by atoms with E-state index in [0.717, 1.165) is 10.6 Å². The molecule has 2 N–H and O–H groups in total. The van der Waals surface area contributed by atoms with Gasteiger partial charge in [0.2, 0.25) is 0 Å². The molecule has 0 amide bonds. The van der Waals surface area contributed by atoms with Gasteiger partial charge < -0.3 is 14.6 Å². The minimum atomic E-state index is -1.56. The lowest BCUT2D eigenvalue weighted by molar-refractivity contribution is 0.437. The van der Waals surface area contributed by atoms with Crippen LogP contribution in [0.25, 0.3) is 11.0 Å². The number of fused-ring (bicyclic) bond motifs is 1. The van der Waals surface area contributed by atoms with Gasteiger partial charge in [0.1, 0.15) is 5.75 Å². The summed E-state index contributed by atoms with van der Waals surface area (Å²) in [5.41, 5.74) is 0.927. The van der Waals surface area contributed by atoms with Crippen molar-refractivity contribution in [2.45, 2.75) is 26.1 Å². The van der Waals surface area contributed by atoms with Gasteiger partial charge in [-0.05, 0) is 17.7 Å². The van der Waals surface area contributed by atoms with Crippen molar-refractivity contribution in [2.24, 2.45) is 0 Å². The Labute approximate surface area is 107 Å². The first-order valence-corrected chi connectivity index (χ1v) is 9.42. The molecule has 0 aliphatic rings. The Morgan fingerprint density at radius 1 is 1.33 bits per heavy atom. The van der Waals surface area contributed by atoms with Crippen LogP contribution in [0.15, 0.2) is 29.4 Å². The maximum Gasteiger partial charge on any atom is 0.175 e. The maximum absolute atomic E-state index is 10.2. The van der Waals surface area contributed by atoms with Crippen LogP contribution < -0.4 is 5.19 Å². The summed E-state index contributed by atoms with van der Waals surface area (Å²) in [7, 11) is -1.56. The minimum absolute atomic E-state index is 0.0226. The van der Waals surface area contributed by atoms with E-state index in [1.807, 2.05) is 0 Å². The lowest BCUT2D eigenvalue weighted by atomic mass is 10.1. The highest BCUT2D eigenvalue weighted by atomic mass is 28.3. The van der Waals surface area contributed by atoms with Crippen molar-refractivity contribution in [3.8, 4) is 11.5 Å². The highest BCUT2D eigenvalue weighted by molar-refractivity contribution is 6.90. The molecule has 96 valence electrons. The van der Waals surface area contributed by atoms with Gasteiger partial charge in [0.25, 0.3) is 0 Å². The summed E-state index contributed by atoms with van der Waals surface area (Å²) >= 11 is 0. The van der Waals surface area contributed by atoms with Crippen molar-refractivity contribution in [1.82, 2.24) is 0 Å². The lowest BCUT2D eigenvalue weighted by Gasteiger charge is -2.14. The maximum atomic E-state index is 10.2. The lowest BCUT2D eigenvalue weighted by Crippen LogP contribution is -2.36. The Balaban J connectivity index is 2.76. The molecule has 2 aromatic rings. The molecule has 1 heterocycles. The van der Waals surface area contributed by atoms with Gasteiger partial charge in [0.05, 0.1) is 14.3 Å². The van der Waals surface area contributed by atoms with Crippen molar-refractivity contribution in [1.29, 1.82) is 0 Å². The molecule has 4 heteroatoms. The molecule has 0 unspecified atom stereocenters. The van der Waals surface area contributed by atoms with Crippen LogP contribution in [0, 0.1) is 0 Å². The van der Waals surface area contributed by atoms with E-state index in [4.69, 9.17) is 4.42 Å². The van der Waals surface area contributed by atoms with E-state index in [1.165, 1.54) is 0 Å². The number of benzene rings is 1. The second-order valence-corrected chi connectivity index (χ2v) is 10.5. The molecule has 0 radical (unpaired) electrons. The Morgan fingerprint density at radius 2 is 2.00 bits per heavy atom. The van der Waals surface area contributed by atoms with E-state index in [0.29, 0.717) is 17.6 Å².